The molecule has 82 valence electrons. The van der Waals surface area contributed by atoms with Crippen molar-refractivity contribution in [3.63, 3.8) is 0 Å². The van der Waals surface area contributed by atoms with Gasteiger partial charge in [-0.1, -0.05) is 27.5 Å². The number of nitrogens with two attached hydrogens (primary N) is 1. The summed E-state index contributed by atoms with van der Waals surface area (Å²) in [7, 11) is 0. The Balaban J connectivity index is 2.67. The van der Waals surface area contributed by atoms with Crippen molar-refractivity contribution in [2.24, 2.45) is 0 Å². The van der Waals surface area contributed by atoms with Crippen molar-refractivity contribution in [3.8, 4) is 11.3 Å². The van der Waals surface area contributed by atoms with Crippen LogP contribution in [0.2, 0.25) is 5.02 Å². The predicted octanol–water partition coefficient (Wildman–Crippen LogP) is 3.28. The summed E-state index contributed by atoms with van der Waals surface area (Å²) in [6.07, 6.45) is 1.25. The number of halogens is 3. The molecule has 1 aromatic carbocycles. The van der Waals surface area contributed by atoms with Gasteiger partial charge in [-0.25, -0.2) is 14.4 Å². The summed E-state index contributed by atoms with van der Waals surface area (Å²) in [6.45, 7) is 0. The lowest BCUT2D eigenvalue weighted by atomic mass is 10.1. The van der Waals surface area contributed by atoms with Crippen LogP contribution in [0.5, 0.6) is 0 Å². The minimum Gasteiger partial charge on any atom is -0.382 e. The molecule has 0 amide bonds. The molecule has 1 aromatic heterocycles. The summed E-state index contributed by atoms with van der Waals surface area (Å²) >= 11 is 9.17. The number of hydrogen-bond donors (Lipinski definition) is 1. The van der Waals surface area contributed by atoms with E-state index < -0.39 is 5.82 Å². The Hall–Kier alpha value is -1.20. The molecule has 2 N–H and O–H groups in total. The minimum absolute atomic E-state index is 0.131. The Morgan fingerprint density at radius 1 is 1.31 bits per heavy atom. The average molecular weight is 303 g/mol. The van der Waals surface area contributed by atoms with Crippen molar-refractivity contribution in [2.45, 2.75) is 0 Å². The van der Waals surface area contributed by atoms with Crippen LogP contribution in [0, 0.1) is 5.82 Å². The SMILES string of the molecule is Nc1ncnc(-c2cc(Br)ccc2F)c1Cl. The fourth-order valence-electron chi connectivity index (χ4n) is 1.25. The van der Waals surface area contributed by atoms with E-state index in [1.54, 1.807) is 12.1 Å². The van der Waals surface area contributed by atoms with Gasteiger partial charge in [-0.3, -0.25) is 0 Å². The third kappa shape index (κ3) is 2.01. The van der Waals surface area contributed by atoms with Gasteiger partial charge < -0.3 is 5.73 Å². The van der Waals surface area contributed by atoms with Gasteiger partial charge in [-0.15, -0.1) is 0 Å². The van der Waals surface area contributed by atoms with E-state index in [1.807, 2.05) is 0 Å². The van der Waals surface area contributed by atoms with Crippen molar-refractivity contribution in [1.82, 2.24) is 9.97 Å². The molecule has 0 fully saturated rings. The fourth-order valence-corrected chi connectivity index (χ4v) is 1.81. The third-order valence-corrected chi connectivity index (χ3v) is 2.87. The van der Waals surface area contributed by atoms with Crippen LogP contribution in [0.4, 0.5) is 10.2 Å². The monoisotopic (exact) mass is 301 g/mol. The molecule has 0 atom stereocenters. The van der Waals surface area contributed by atoms with Crippen molar-refractivity contribution in [1.29, 1.82) is 0 Å². The molecule has 2 rings (SSSR count). The van der Waals surface area contributed by atoms with Gasteiger partial charge in [0.1, 0.15) is 23.0 Å². The standard InChI is InChI=1S/C10H6BrClFN3/c11-5-1-2-7(13)6(3-5)9-8(12)10(14)16-4-15-9/h1-4H,(H2,14,15,16). The first-order valence-corrected chi connectivity index (χ1v) is 5.48. The number of rotatable bonds is 1. The maximum absolute atomic E-state index is 13.6. The van der Waals surface area contributed by atoms with Gasteiger partial charge in [0.05, 0.1) is 5.69 Å². The molecule has 0 aliphatic heterocycles. The summed E-state index contributed by atoms with van der Waals surface area (Å²) in [6, 6.07) is 4.51. The van der Waals surface area contributed by atoms with Gasteiger partial charge in [0.2, 0.25) is 0 Å². The average Bonchev–Trinajstić information content (AvgIpc) is 2.26. The van der Waals surface area contributed by atoms with Gasteiger partial charge in [-0.2, -0.15) is 0 Å². The fraction of sp³-hybridized carbons (Fsp3) is 0. The van der Waals surface area contributed by atoms with Crippen LogP contribution in [0.15, 0.2) is 29.0 Å². The maximum Gasteiger partial charge on any atom is 0.146 e. The van der Waals surface area contributed by atoms with Crippen LogP contribution in [0.25, 0.3) is 11.3 Å². The Kier molecular flexibility index (Phi) is 3.07. The highest BCUT2D eigenvalue weighted by atomic mass is 79.9. The van der Waals surface area contributed by atoms with Gasteiger partial charge in [-0.05, 0) is 18.2 Å². The topological polar surface area (TPSA) is 51.8 Å². The smallest absolute Gasteiger partial charge is 0.146 e. The van der Waals surface area contributed by atoms with Crippen molar-refractivity contribution < 1.29 is 4.39 Å². The van der Waals surface area contributed by atoms with E-state index in [9.17, 15) is 4.39 Å². The zero-order valence-corrected chi connectivity index (χ0v) is 10.3. The molecule has 0 aliphatic rings. The predicted molar refractivity (Wildman–Crippen MR) is 64.5 cm³/mol. The lowest BCUT2D eigenvalue weighted by molar-refractivity contribution is 0.630. The quantitative estimate of drug-likeness (QED) is 0.879. The van der Waals surface area contributed by atoms with Crippen LogP contribution in [-0.4, -0.2) is 9.97 Å². The molecule has 6 heteroatoms. The van der Waals surface area contributed by atoms with E-state index in [4.69, 9.17) is 17.3 Å². The molecule has 0 aliphatic carbocycles. The molecule has 3 nitrogen and oxygen atoms in total. The summed E-state index contributed by atoms with van der Waals surface area (Å²) in [4.78, 5) is 7.64. The van der Waals surface area contributed by atoms with Crippen molar-refractivity contribution in [2.75, 3.05) is 5.73 Å². The highest BCUT2D eigenvalue weighted by Gasteiger charge is 2.13. The van der Waals surface area contributed by atoms with E-state index >= 15 is 0 Å². The molecule has 2 aromatic rings. The first kappa shape index (κ1) is 11.3. The zero-order chi connectivity index (χ0) is 11.7. The van der Waals surface area contributed by atoms with E-state index in [2.05, 4.69) is 25.9 Å². The second kappa shape index (κ2) is 4.35. The second-order valence-corrected chi connectivity index (χ2v) is 4.34. The molecule has 0 bridgehead atoms. The third-order valence-electron chi connectivity index (χ3n) is 2.00. The number of hydrogen-bond acceptors (Lipinski definition) is 3. The molecule has 0 radical (unpaired) electrons. The molecule has 0 unspecified atom stereocenters. The number of benzene rings is 1. The molecular weight excluding hydrogens is 296 g/mol. The molecule has 16 heavy (non-hydrogen) atoms. The number of nitrogen functional groups attached to an aromatic ring is 1. The lowest BCUT2D eigenvalue weighted by Gasteiger charge is -2.06. The first-order valence-electron chi connectivity index (χ1n) is 4.31. The Morgan fingerprint density at radius 2 is 2.06 bits per heavy atom. The van der Waals surface area contributed by atoms with Crippen LogP contribution in [0.1, 0.15) is 0 Å². The highest BCUT2D eigenvalue weighted by molar-refractivity contribution is 9.10. The van der Waals surface area contributed by atoms with E-state index in [0.29, 0.717) is 0 Å². The van der Waals surface area contributed by atoms with Crippen molar-refractivity contribution >= 4 is 33.3 Å². The summed E-state index contributed by atoms with van der Waals surface area (Å²) in [5.74, 6) is -0.283. The zero-order valence-electron chi connectivity index (χ0n) is 7.92. The minimum atomic E-state index is -0.414. The Bertz CT molecular complexity index is 548. The van der Waals surface area contributed by atoms with Crippen LogP contribution < -0.4 is 5.73 Å². The number of nitrogens with zero attached hydrogens (tertiary/aromatic N) is 2. The summed E-state index contributed by atoms with van der Waals surface area (Å²) in [5.41, 5.74) is 6.10. The van der Waals surface area contributed by atoms with Gasteiger partial charge in [0, 0.05) is 10.0 Å². The molecule has 0 spiro atoms. The van der Waals surface area contributed by atoms with Crippen LogP contribution >= 0.6 is 27.5 Å². The van der Waals surface area contributed by atoms with Gasteiger partial charge >= 0.3 is 0 Å². The molecule has 1 heterocycles. The largest absolute Gasteiger partial charge is 0.382 e. The van der Waals surface area contributed by atoms with Crippen molar-refractivity contribution in [3.05, 3.63) is 39.8 Å². The molecule has 0 saturated carbocycles. The number of aromatic nitrogens is 2. The molecule has 0 saturated heterocycles. The Morgan fingerprint density at radius 3 is 2.81 bits per heavy atom. The maximum atomic E-state index is 13.6. The lowest BCUT2D eigenvalue weighted by Crippen LogP contribution is -1.96. The Labute approximate surface area is 105 Å². The molecular formula is C10H6BrClFN3. The highest BCUT2D eigenvalue weighted by Crippen LogP contribution is 2.31. The van der Waals surface area contributed by atoms with E-state index in [1.165, 1.54) is 12.4 Å². The van der Waals surface area contributed by atoms with Crippen LogP contribution in [0.3, 0.4) is 0 Å². The van der Waals surface area contributed by atoms with Crippen LogP contribution in [-0.2, 0) is 0 Å². The normalized spacial score (nSPS) is 10.4. The van der Waals surface area contributed by atoms with Gasteiger partial charge in [0.15, 0.2) is 0 Å². The summed E-state index contributed by atoms with van der Waals surface area (Å²) < 4.78 is 14.3. The van der Waals surface area contributed by atoms with E-state index in [0.717, 1.165) is 4.47 Å². The van der Waals surface area contributed by atoms with Gasteiger partial charge in [0.25, 0.3) is 0 Å². The second-order valence-electron chi connectivity index (χ2n) is 3.05. The summed E-state index contributed by atoms with van der Waals surface area (Å²) in [5, 5.41) is 0.152. The first-order chi connectivity index (χ1) is 7.59. The van der Waals surface area contributed by atoms with E-state index in [-0.39, 0.29) is 22.1 Å². The number of anilines is 1.